The van der Waals surface area contributed by atoms with Gasteiger partial charge in [0.15, 0.2) is 12.2 Å². The summed E-state index contributed by atoms with van der Waals surface area (Å²) < 4.78 is 60.0. The predicted octanol–water partition coefficient (Wildman–Crippen LogP) is 11.3. The van der Waals surface area contributed by atoms with Gasteiger partial charge in [0.25, 0.3) is 5.91 Å². The van der Waals surface area contributed by atoms with Crippen LogP contribution in [0.5, 0.6) is 5.75 Å². The standard InChI is InChI=1S/C15H22ClNO2.C11H11Cl2NO2.C10H5Cl2F3N4O2.C9H16ClN5.C5H12NO4P/c1-5-13-8-6-7-11(2)15(13)17(14(18)9-16)12(3)10-19-4;1-7-6-16-9-5-3-2-4-8(9)14(7)11(15)10(12)13;11-5-1-4(10(13,14)15)2-6(12)8(5)18-9(16)7(3-17-18)19(20)21;1-5-11-7-12-6(10)13-8(14-7)15-9(2,3)4;1-11(9,10)3-2-4(6)5(7)8/h6-8,12H,5,9-10H2,1-4H3;2-5,7,10H,6H2,1H3;1-3H,16H2;5H2,1-4H3,(H2,11,12,13,14,15);4H,2-3,6H2,1H3,(H,7,8)(H,9,10). The van der Waals surface area contributed by atoms with Gasteiger partial charge in [-0.2, -0.15) is 33.2 Å². The zero-order valence-electron chi connectivity index (χ0n) is 46.3. The number of methoxy groups -OCH3 is 1. The van der Waals surface area contributed by atoms with Crippen molar-refractivity contribution in [1.29, 1.82) is 0 Å². The Morgan fingerprint density at radius 1 is 1.04 bits per heavy atom. The summed E-state index contributed by atoms with van der Waals surface area (Å²) in [5.41, 5.74) is 12.7. The average molecular weight is 1300 g/mol. The molecule has 82 heavy (non-hydrogen) atoms. The van der Waals surface area contributed by atoms with Crippen LogP contribution in [0.4, 0.5) is 47.9 Å². The number of rotatable bonds is 16. The maximum Gasteiger partial charge on any atom is 0.416 e. The van der Waals surface area contributed by atoms with Gasteiger partial charge in [0.2, 0.25) is 28.9 Å². The Balaban J connectivity index is 0.000000355. The number of nitrogen functional groups attached to an aromatic ring is 1. The number of para-hydroxylation sites is 3. The Hall–Kier alpha value is -5.47. The van der Waals surface area contributed by atoms with E-state index in [1.807, 2.05) is 84.9 Å². The van der Waals surface area contributed by atoms with Crippen LogP contribution in [0.1, 0.15) is 71.6 Å². The molecule has 0 radical (unpaired) electrons. The molecule has 454 valence electrons. The van der Waals surface area contributed by atoms with Gasteiger partial charge in [-0.25, -0.2) is 4.68 Å². The Kier molecular flexibility index (Phi) is 29.3. The molecule has 3 aromatic carbocycles. The van der Waals surface area contributed by atoms with E-state index in [2.05, 4.69) is 43.7 Å². The van der Waals surface area contributed by atoms with E-state index in [-0.39, 0.29) is 68.9 Å². The molecule has 0 saturated heterocycles. The number of ether oxygens (including phenoxy) is 2. The molecule has 32 heteroatoms. The number of nitrogens with zero attached hydrogens (tertiary/aromatic N) is 8. The number of anilines is 5. The van der Waals surface area contributed by atoms with Gasteiger partial charge < -0.3 is 51.4 Å². The molecule has 4 atom stereocenters. The van der Waals surface area contributed by atoms with Crippen LogP contribution in [-0.4, -0.2) is 132 Å². The molecule has 0 aliphatic carbocycles. The Bertz CT molecular complexity index is 2970. The largest absolute Gasteiger partial charge is 0.489 e. The molecule has 2 amide bonds. The lowest BCUT2D eigenvalue weighted by atomic mass is 10.0. The molecule has 5 aromatic rings. The number of fused-ring (bicyclic) bond motifs is 1. The number of hydrogen-bond acceptors (Lipinski definition) is 16. The van der Waals surface area contributed by atoms with Crippen LogP contribution in [0, 0.1) is 17.0 Å². The van der Waals surface area contributed by atoms with Gasteiger partial charge in [0, 0.05) is 32.0 Å². The number of amides is 2. The third kappa shape index (κ3) is 22.9. The number of carboxylic acid groups (broad SMARTS) is 1. The highest BCUT2D eigenvalue weighted by Crippen LogP contribution is 2.40. The Morgan fingerprint density at radius 2 is 1.63 bits per heavy atom. The van der Waals surface area contributed by atoms with Crippen molar-refractivity contribution >= 4 is 130 Å². The fraction of sp³-hybridized carbons (Fsp3) is 0.460. The van der Waals surface area contributed by atoms with Gasteiger partial charge in [-0.05, 0) is 108 Å². The topological polar surface area (TPSA) is 309 Å². The molecule has 0 fully saturated rings. The monoisotopic (exact) mass is 1290 g/mol. The van der Waals surface area contributed by atoms with E-state index in [4.69, 9.17) is 101 Å². The van der Waals surface area contributed by atoms with Crippen LogP contribution < -0.4 is 36.6 Å². The van der Waals surface area contributed by atoms with Gasteiger partial charge in [-0.1, -0.05) is 83.7 Å². The van der Waals surface area contributed by atoms with Crippen molar-refractivity contribution < 1.29 is 56.5 Å². The minimum absolute atomic E-state index is 0.0223. The number of alkyl halides is 6. The lowest BCUT2D eigenvalue weighted by Crippen LogP contribution is -2.47. The number of hydrogen-bond donors (Lipinski definition) is 6. The van der Waals surface area contributed by atoms with E-state index in [1.165, 1.54) is 6.66 Å². The van der Waals surface area contributed by atoms with Crippen molar-refractivity contribution in [3.63, 3.8) is 0 Å². The quantitative estimate of drug-likeness (QED) is 0.0231. The molecule has 6 rings (SSSR count). The summed E-state index contributed by atoms with van der Waals surface area (Å²) in [5.74, 6) is -0.305. The molecule has 3 heterocycles. The molecule has 2 aromatic heterocycles. The normalized spacial score (nSPS) is 14.2. The van der Waals surface area contributed by atoms with Crippen molar-refractivity contribution in [2.45, 2.75) is 103 Å². The number of halogens is 9. The summed E-state index contributed by atoms with van der Waals surface area (Å²) in [7, 11) is -1.47. The van der Waals surface area contributed by atoms with E-state index >= 15 is 0 Å². The highest BCUT2D eigenvalue weighted by molar-refractivity contribution is 7.57. The lowest BCUT2D eigenvalue weighted by molar-refractivity contribution is -0.383. The summed E-state index contributed by atoms with van der Waals surface area (Å²) in [5, 5.41) is 28.1. The summed E-state index contributed by atoms with van der Waals surface area (Å²) in [4.78, 5) is 67.3. The van der Waals surface area contributed by atoms with Crippen LogP contribution in [-0.2, 0) is 36.3 Å². The molecule has 0 saturated carbocycles. The van der Waals surface area contributed by atoms with E-state index in [9.17, 15) is 42.2 Å². The number of nitro groups is 1. The van der Waals surface area contributed by atoms with Gasteiger partial charge >= 0.3 is 17.8 Å². The summed E-state index contributed by atoms with van der Waals surface area (Å²) in [6.45, 7) is 18.9. The first-order chi connectivity index (χ1) is 38.0. The van der Waals surface area contributed by atoms with E-state index in [0.29, 0.717) is 43.0 Å². The SMILES string of the molecule is CC1COc2ccccc2N1C(=O)C(Cl)Cl.CCNc1nc(Cl)nc(NC(C)(C)C)n1.CCc1cccc(C)c1N(C(=O)CCl)C(C)COC.CP(=O)(O)CCC(N)C(=O)O.Nc1c([N+](=O)[O-])cnn1-c1c(Cl)cc(C(F)(F)F)cc1Cl. The summed E-state index contributed by atoms with van der Waals surface area (Å²) >= 11 is 34.3. The van der Waals surface area contributed by atoms with Crippen molar-refractivity contribution in [3.8, 4) is 11.4 Å². The molecule has 0 spiro atoms. The zero-order chi connectivity index (χ0) is 62.6. The summed E-state index contributed by atoms with van der Waals surface area (Å²) in [6, 6.07) is 13.6. The first kappa shape index (κ1) is 72.6. The van der Waals surface area contributed by atoms with Gasteiger partial charge in [0.1, 0.15) is 36.2 Å². The maximum atomic E-state index is 12.6. The van der Waals surface area contributed by atoms with E-state index in [1.54, 1.807) is 16.9 Å². The third-order valence-corrected chi connectivity index (χ3v) is 13.2. The Morgan fingerprint density at radius 3 is 2.12 bits per heavy atom. The lowest BCUT2D eigenvalue weighted by Gasteiger charge is -2.35. The van der Waals surface area contributed by atoms with Crippen molar-refractivity contribution in [2.24, 2.45) is 5.73 Å². The van der Waals surface area contributed by atoms with Gasteiger partial charge in [-0.3, -0.25) is 29.1 Å². The molecular formula is C50H66Cl6F3N12O10P. The fourth-order valence-corrected chi connectivity index (χ4v) is 9.05. The highest BCUT2D eigenvalue weighted by atomic mass is 35.5. The molecule has 0 bridgehead atoms. The smallest absolute Gasteiger partial charge is 0.416 e. The van der Waals surface area contributed by atoms with Gasteiger partial charge in [-0.15, -0.1) is 11.6 Å². The molecule has 1 aliphatic heterocycles. The minimum Gasteiger partial charge on any atom is -0.489 e. The van der Waals surface area contributed by atoms with Crippen molar-refractivity contribution in [2.75, 3.05) is 71.7 Å². The Labute approximate surface area is 502 Å². The molecule has 8 N–H and O–H groups in total. The minimum atomic E-state index is -4.63. The van der Waals surface area contributed by atoms with E-state index in [0.717, 1.165) is 46.3 Å². The number of benzene rings is 3. The second-order valence-electron chi connectivity index (χ2n) is 18.8. The number of nitrogens with two attached hydrogens (primary N) is 2. The van der Waals surface area contributed by atoms with Crippen LogP contribution in [0.2, 0.25) is 15.3 Å². The second kappa shape index (κ2) is 33.1. The molecule has 1 aliphatic rings. The summed E-state index contributed by atoms with van der Waals surface area (Å²) in [6.07, 6.45) is -2.91. The van der Waals surface area contributed by atoms with E-state index < -0.39 is 52.4 Å². The second-order valence-corrected chi connectivity index (χ2v) is 23.9. The van der Waals surface area contributed by atoms with Crippen LogP contribution in [0.3, 0.4) is 0 Å². The number of carbonyl (C=O) groups is 3. The number of aromatic nitrogens is 5. The van der Waals surface area contributed by atoms with Crippen molar-refractivity contribution in [3.05, 3.63) is 103 Å². The number of aryl methyl sites for hydroxylation is 2. The first-order valence-corrected chi connectivity index (χ1v) is 29.4. The van der Waals surface area contributed by atoms with Crippen LogP contribution >= 0.6 is 77.0 Å². The first-order valence-electron chi connectivity index (χ1n) is 24.6. The number of aliphatic carboxylic acids is 1. The highest BCUT2D eigenvalue weighted by Gasteiger charge is 2.34. The number of nitrogens with one attached hydrogen (secondary N) is 2. The maximum absolute atomic E-state index is 12.6. The molecule has 22 nitrogen and oxygen atoms in total. The average Bonchev–Trinajstić information content (AvgIpc) is 3.95. The number of carbonyl (C=O) groups excluding carboxylic acids is 2. The predicted molar refractivity (Wildman–Crippen MR) is 317 cm³/mol. The zero-order valence-corrected chi connectivity index (χ0v) is 51.7. The van der Waals surface area contributed by atoms with Crippen LogP contribution in [0.25, 0.3) is 5.69 Å². The van der Waals surface area contributed by atoms with Crippen molar-refractivity contribution in [1.82, 2.24) is 24.7 Å². The molecule has 4 unspecified atom stereocenters. The van der Waals surface area contributed by atoms with Crippen LogP contribution in [0.15, 0.2) is 60.8 Å². The third-order valence-electron chi connectivity index (χ3n) is 10.8. The number of carboxylic acids is 1. The fourth-order valence-electron chi connectivity index (χ4n) is 7.14. The van der Waals surface area contributed by atoms with Gasteiger partial charge in [0.05, 0.1) is 50.6 Å². The molecular weight excluding hydrogens is 1230 g/mol.